The van der Waals surface area contributed by atoms with Gasteiger partial charge in [0.05, 0.1) is 12.8 Å². The first kappa shape index (κ1) is 21.5. The number of thiazole rings is 1. The van der Waals surface area contributed by atoms with Crippen LogP contribution in [0.4, 0.5) is 10.5 Å². The summed E-state index contributed by atoms with van der Waals surface area (Å²) in [6.45, 7) is 4.39. The molecule has 0 radical (unpaired) electrons. The van der Waals surface area contributed by atoms with Crippen molar-refractivity contribution in [2.75, 3.05) is 12.4 Å². The van der Waals surface area contributed by atoms with E-state index < -0.39 is 6.03 Å². The van der Waals surface area contributed by atoms with E-state index in [0.717, 1.165) is 17.0 Å². The van der Waals surface area contributed by atoms with Crippen molar-refractivity contribution in [3.8, 4) is 17.0 Å². The van der Waals surface area contributed by atoms with Crippen molar-refractivity contribution in [2.24, 2.45) is 5.10 Å². The number of ether oxygens (including phenoxy) is 1. The number of anilines is 1. The van der Waals surface area contributed by atoms with Gasteiger partial charge in [0.15, 0.2) is 0 Å². The molecule has 146 valence electrons. The molecule has 2 aromatic carbocycles. The first-order chi connectivity index (χ1) is 13.2. The Kier molecular flexibility index (Phi) is 8.03. The highest BCUT2D eigenvalue weighted by Crippen LogP contribution is 2.23. The molecule has 28 heavy (non-hydrogen) atoms. The number of rotatable bonds is 6. The topological polar surface area (TPSA) is 67.6 Å². The molecule has 8 heteroatoms. The summed E-state index contributed by atoms with van der Waals surface area (Å²) in [5, 5.41) is 8.98. The third kappa shape index (κ3) is 5.34. The van der Waals surface area contributed by atoms with Crippen LogP contribution in [-0.4, -0.2) is 17.7 Å². The summed E-state index contributed by atoms with van der Waals surface area (Å²) in [7, 11) is 1.64. The van der Waals surface area contributed by atoms with Gasteiger partial charge in [0, 0.05) is 17.6 Å². The van der Waals surface area contributed by atoms with Crippen LogP contribution in [0.5, 0.6) is 5.75 Å². The molecule has 3 rings (SSSR count). The quantitative estimate of drug-likeness (QED) is 0.415. The number of nitrogens with zero attached hydrogens (tertiary/aromatic N) is 2. The minimum atomic E-state index is -0.397. The second-order valence-electron chi connectivity index (χ2n) is 5.58. The van der Waals surface area contributed by atoms with Crippen molar-refractivity contribution in [1.82, 2.24) is 9.99 Å². The smallest absolute Gasteiger partial charge is 0.339 e. The lowest BCUT2D eigenvalue weighted by molar-refractivity contribution is 0.252. The number of allylic oxidation sites excluding steroid dienone is 1. The number of amides is 2. The predicted octanol–water partition coefficient (Wildman–Crippen LogP) is 4.63. The van der Waals surface area contributed by atoms with Crippen LogP contribution in [0.25, 0.3) is 11.3 Å². The van der Waals surface area contributed by atoms with Crippen molar-refractivity contribution in [1.29, 1.82) is 0 Å². The Morgan fingerprint density at radius 1 is 1.21 bits per heavy atom. The zero-order chi connectivity index (χ0) is 19.1. The number of halogens is 1. The number of aromatic nitrogens is 1. The molecule has 0 saturated carbocycles. The van der Waals surface area contributed by atoms with Gasteiger partial charge in [-0.15, -0.1) is 40.0 Å². The molecule has 0 aliphatic heterocycles. The molecule has 0 saturated heterocycles. The molecule has 2 amide bonds. The summed E-state index contributed by atoms with van der Waals surface area (Å²) in [5.74, 6) is 0.799. The summed E-state index contributed by atoms with van der Waals surface area (Å²) < 4.78 is 7.20. The van der Waals surface area contributed by atoms with E-state index in [-0.39, 0.29) is 17.0 Å². The molecule has 0 spiro atoms. The van der Waals surface area contributed by atoms with E-state index in [9.17, 15) is 4.79 Å². The monoisotopic (exact) mass is 460 g/mol. The van der Waals surface area contributed by atoms with Crippen LogP contribution in [0, 0.1) is 0 Å². The summed E-state index contributed by atoms with van der Waals surface area (Å²) in [4.78, 5) is 12.7. The predicted molar refractivity (Wildman–Crippen MR) is 119 cm³/mol. The Labute approximate surface area is 178 Å². The molecular formula is C20H21BrN4O2S. The second kappa shape index (κ2) is 10.5. The maximum Gasteiger partial charge on any atom is 0.339 e. The van der Waals surface area contributed by atoms with Crippen molar-refractivity contribution < 1.29 is 9.53 Å². The standard InChI is InChI=1S/C20H20N4O2S.BrH/c1-3-13-24-18(15-9-11-17(26-2)12-10-15)14-27-20(24)23-22-19(25)21-16-7-5-4-6-8-16;/h3-12,14H,1,13H2,2H3,(H2,21,22,25);1H/b23-20-;. The average Bonchev–Trinajstić information content (AvgIpc) is 3.10. The van der Waals surface area contributed by atoms with E-state index in [1.165, 1.54) is 11.3 Å². The fraction of sp³-hybridized carbons (Fsp3) is 0.100. The number of hydrogen-bond acceptors (Lipinski definition) is 4. The van der Waals surface area contributed by atoms with E-state index in [1.807, 2.05) is 64.5 Å². The number of methoxy groups -OCH3 is 1. The number of nitrogens with one attached hydrogen (secondary N) is 2. The number of carbonyl (C=O) groups is 1. The third-order valence-electron chi connectivity index (χ3n) is 3.78. The zero-order valence-electron chi connectivity index (χ0n) is 15.3. The van der Waals surface area contributed by atoms with Crippen LogP contribution in [0.3, 0.4) is 0 Å². The molecule has 0 bridgehead atoms. The maximum absolute atomic E-state index is 12.0. The van der Waals surface area contributed by atoms with E-state index in [1.54, 1.807) is 13.2 Å². The van der Waals surface area contributed by atoms with Crippen LogP contribution in [-0.2, 0) is 6.54 Å². The van der Waals surface area contributed by atoms with Gasteiger partial charge in [0.2, 0.25) is 4.80 Å². The highest BCUT2D eigenvalue weighted by atomic mass is 79.9. The summed E-state index contributed by atoms with van der Waals surface area (Å²) >= 11 is 1.44. The van der Waals surface area contributed by atoms with Crippen LogP contribution < -0.4 is 20.3 Å². The van der Waals surface area contributed by atoms with Gasteiger partial charge in [-0.05, 0) is 42.0 Å². The first-order valence-electron chi connectivity index (χ1n) is 8.30. The van der Waals surface area contributed by atoms with Gasteiger partial charge in [0.25, 0.3) is 0 Å². The van der Waals surface area contributed by atoms with Gasteiger partial charge in [-0.2, -0.15) is 0 Å². The van der Waals surface area contributed by atoms with E-state index >= 15 is 0 Å². The van der Waals surface area contributed by atoms with Gasteiger partial charge >= 0.3 is 6.03 Å². The highest BCUT2D eigenvalue weighted by molar-refractivity contribution is 8.93. The molecule has 1 heterocycles. The second-order valence-corrected chi connectivity index (χ2v) is 6.41. The van der Waals surface area contributed by atoms with Gasteiger partial charge in [0.1, 0.15) is 5.75 Å². The van der Waals surface area contributed by atoms with Crippen LogP contribution >= 0.6 is 28.3 Å². The van der Waals surface area contributed by atoms with Gasteiger partial charge in [-0.1, -0.05) is 24.3 Å². The Bertz CT molecular complexity index is 981. The Hall–Kier alpha value is -2.84. The molecule has 0 aliphatic rings. The molecule has 0 atom stereocenters. The molecule has 1 aromatic heterocycles. The van der Waals surface area contributed by atoms with Crippen molar-refractivity contribution in [3.05, 3.63) is 77.4 Å². The van der Waals surface area contributed by atoms with Crippen molar-refractivity contribution >= 4 is 40.0 Å². The largest absolute Gasteiger partial charge is 0.497 e. The van der Waals surface area contributed by atoms with Gasteiger partial charge in [-0.3, -0.25) is 0 Å². The third-order valence-corrected chi connectivity index (χ3v) is 4.64. The van der Waals surface area contributed by atoms with Crippen LogP contribution in [0.1, 0.15) is 0 Å². The van der Waals surface area contributed by atoms with Crippen molar-refractivity contribution in [3.63, 3.8) is 0 Å². The lowest BCUT2D eigenvalue weighted by atomic mass is 10.1. The van der Waals surface area contributed by atoms with Crippen LogP contribution in [0.15, 0.2) is 77.7 Å². The maximum atomic E-state index is 12.0. The number of para-hydroxylation sites is 1. The molecule has 0 fully saturated rings. The molecular weight excluding hydrogens is 440 g/mol. The minimum absolute atomic E-state index is 0. The lowest BCUT2D eigenvalue weighted by Gasteiger charge is -2.08. The first-order valence-corrected chi connectivity index (χ1v) is 9.18. The lowest BCUT2D eigenvalue weighted by Crippen LogP contribution is -2.28. The Morgan fingerprint density at radius 3 is 2.57 bits per heavy atom. The molecule has 2 N–H and O–H groups in total. The normalized spacial score (nSPS) is 10.7. The summed E-state index contributed by atoms with van der Waals surface area (Å²) in [5.41, 5.74) is 5.27. The SMILES string of the molecule is Br.C=CCn1c(-c2ccc(OC)cc2)cs/c1=N\NC(=O)Nc1ccccc1. The zero-order valence-corrected chi connectivity index (χ0v) is 17.8. The average molecular weight is 461 g/mol. The number of hydrogen-bond donors (Lipinski definition) is 2. The minimum Gasteiger partial charge on any atom is -0.497 e. The number of urea groups is 1. The summed E-state index contributed by atoms with van der Waals surface area (Å²) in [6.07, 6.45) is 1.79. The fourth-order valence-corrected chi connectivity index (χ4v) is 3.37. The highest BCUT2D eigenvalue weighted by Gasteiger charge is 2.08. The van der Waals surface area contributed by atoms with E-state index in [4.69, 9.17) is 4.74 Å². The molecule has 0 aliphatic carbocycles. The summed E-state index contributed by atoms with van der Waals surface area (Å²) in [6, 6.07) is 16.6. The fourth-order valence-electron chi connectivity index (χ4n) is 2.50. The molecule has 6 nitrogen and oxygen atoms in total. The van der Waals surface area contributed by atoms with E-state index in [0.29, 0.717) is 17.0 Å². The number of carbonyl (C=O) groups excluding carboxylic acids is 1. The van der Waals surface area contributed by atoms with Crippen molar-refractivity contribution in [2.45, 2.75) is 6.54 Å². The molecule has 0 unspecified atom stereocenters. The number of benzene rings is 2. The molecule has 3 aromatic rings. The Balaban J connectivity index is 0.00000280. The van der Waals surface area contributed by atoms with Gasteiger partial charge in [-0.25, -0.2) is 10.2 Å². The van der Waals surface area contributed by atoms with E-state index in [2.05, 4.69) is 22.4 Å². The van der Waals surface area contributed by atoms with Gasteiger partial charge < -0.3 is 14.6 Å². The van der Waals surface area contributed by atoms with Crippen LogP contribution in [0.2, 0.25) is 0 Å². The Morgan fingerprint density at radius 2 is 1.93 bits per heavy atom.